The summed E-state index contributed by atoms with van der Waals surface area (Å²) < 4.78 is 27.4. The van der Waals surface area contributed by atoms with Crippen LogP contribution in [-0.4, -0.2) is 22.2 Å². The average Bonchev–Trinajstić information content (AvgIpc) is 2.73. The van der Waals surface area contributed by atoms with Crippen molar-refractivity contribution in [1.82, 2.24) is 15.1 Å². The molecule has 1 aromatic heterocycles. The van der Waals surface area contributed by atoms with Gasteiger partial charge in [-0.3, -0.25) is 9.48 Å². The SMILES string of the molecule is Nc1cnn(CCNC(=O)c2cc(F)cc(F)c2)c1. The summed E-state index contributed by atoms with van der Waals surface area (Å²) in [4.78, 5) is 11.6. The Labute approximate surface area is 108 Å². The van der Waals surface area contributed by atoms with Crippen molar-refractivity contribution < 1.29 is 13.6 Å². The van der Waals surface area contributed by atoms with E-state index in [0.717, 1.165) is 12.1 Å². The topological polar surface area (TPSA) is 72.9 Å². The fourth-order valence-corrected chi connectivity index (χ4v) is 1.57. The molecular weight excluding hydrogens is 254 g/mol. The largest absolute Gasteiger partial charge is 0.396 e. The Morgan fingerprint density at radius 2 is 2.00 bits per heavy atom. The number of nitrogens with two attached hydrogens (primary N) is 1. The molecule has 0 unspecified atom stereocenters. The number of hydrogen-bond donors (Lipinski definition) is 2. The van der Waals surface area contributed by atoms with Crippen LogP contribution in [0.5, 0.6) is 0 Å². The van der Waals surface area contributed by atoms with Crippen molar-refractivity contribution in [2.45, 2.75) is 6.54 Å². The van der Waals surface area contributed by atoms with Crippen LogP contribution in [0.3, 0.4) is 0 Å². The first-order chi connectivity index (χ1) is 9.04. The number of aromatic nitrogens is 2. The molecule has 19 heavy (non-hydrogen) atoms. The van der Waals surface area contributed by atoms with Crippen molar-refractivity contribution in [2.75, 3.05) is 12.3 Å². The van der Waals surface area contributed by atoms with Gasteiger partial charge in [0, 0.05) is 24.4 Å². The number of hydrogen-bond acceptors (Lipinski definition) is 3. The zero-order chi connectivity index (χ0) is 13.8. The number of carbonyl (C=O) groups is 1. The molecule has 1 amide bonds. The molecule has 0 bridgehead atoms. The van der Waals surface area contributed by atoms with Crippen LogP contribution >= 0.6 is 0 Å². The smallest absolute Gasteiger partial charge is 0.251 e. The van der Waals surface area contributed by atoms with Gasteiger partial charge in [0.1, 0.15) is 11.6 Å². The number of halogens is 2. The lowest BCUT2D eigenvalue weighted by Gasteiger charge is -2.05. The zero-order valence-electron chi connectivity index (χ0n) is 9.94. The van der Waals surface area contributed by atoms with Gasteiger partial charge in [-0.2, -0.15) is 5.10 Å². The van der Waals surface area contributed by atoms with E-state index in [9.17, 15) is 13.6 Å². The predicted molar refractivity (Wildman–Crippen MR) is 65.3 cm³/mol. The van der Waals surface area contributed by atoms with Gasteiger partial charge in [0.15, 0.2) is 0 Å². The Bertz CT molecular complexity index is 577. The Morgan fingerprint density at radius 1 is 1.32 bits per heavy atom. The number of carbonyl (C=O) groups excluding carboxylic acids is 1. The standard InChI is InChI=1S/C12H12F2N4O/c13-9-3-8(4-10(14)5-9)12(19)16-1-2-18-7-11(15)6-17-18/h3-7H,1-2,15H2,(H,16,19). The number of amides is 1. The van der Waals surface area contributed by atoms with Crippen LogP contribution in [0.4, 0.5) is 14.5 Å². The van der Waals surface area contributed by atoms with E-state index < -0.39 is 17.5 Å². The van der Waals surface area contributed by atoms with Crippen LogP contribution in [0.1, 0.15) is 10.4 Å². The van der Waals surface area contributed by atoms with E-state index in [-0.39, 0.29) is 12.1 Å². The van der Waals surface area contributed by atoms with Gasteiger partial charge < -0.3 is 11.1 Å². The third-order valence-electron chi connectivity index (χ3n) is 2.40. The maximum atomic E-state index is 12.9. The van der Waals surface area contributed by atoms with Crippen molar-refractivity contribution >= 4 is 11.6 Å². The molecule has 3 N–H and O–H groups in total. The molecule has 0 aliphatic rings. The molecule has 7 heteroatoms. The van der Waals surface area contributed by atoms with Crippen molar-refractivity contribution in [2.24, 2.45) is 0 Å². The van der Waals surface area contributed by atoms with Gasteiger partial charge in [-0.1, -0.05) is 0 Å². The first kappa shape index (κ1) is 13.0. The molecular formula is C12H12F2N4O. The summed E-state index contributed by atoms with van der Waals surface area (Å²) in [5.41, 5.74) is 5.95. The predicted octanol–water partition coefficient (Wildman–Crippen LogP) is 1.17. The Morgan fingerprint density at radius 3 is 2.58 bits per heavy atom. The van der Waals surface area contributed by atoms with E-state index in [1.54, 1.807) is 10.9 Å². The fraction of sp³-hybridized carbons (Fsp3) is 0.167. The Hall–Kier alpha value is -2.44. The quantitative estimate of drug-likeness (QED) is 0.872. The lowest BCUT2D eigenvalue weighted by Crippen LogP contribution is -2.27. The molecule has 0 aliphatic heterocycles. The molecule has 100 valence electrons. The number of anilines is 1. The number of benzene rings is 1. The molecule has 2 aromatic rings. The number of nitrogens with zero attached hydrogens (tertiary/aromatic N) is 2. The second kappa shape index (κ2) is 5.47. The Kier molecular flexibility index (Phi) is 3.74. The molecule has 1 aromatic carbocycles. The van der Waals surface area contributed by atoms with E-state index in [1.807, 2.05) is 0 Å². The molecule has 5 nitrogen and oxygen atoms in total. The summed E-state index contributed by atoms with van der Waals surface area (Å²) >= 11 is 0. The highest BCUT2D eigenvalue weighted by Crippen LogP contribution is 2.07. The van der Waals surface area contributed by atoms with Crippen LogP contribution in [0, 0.1) is 11.6 Å². The van der Waals surface area contributed by atoms with Gasteiger partial charge >= 0.3 is 0 Å². The van der Waals surface area contributed by atoms with Crippen LogP contribution in [0.25, 0.3) is 0 Å². The highest BCUT2D eigenvalue weighted by atomic mass is 19.1. The second-order valence-corrected chi connectivity index (χ2v) is 3.95. The van der Waals surface area contributed by atoms with Crippen molar-refractivity contribution in [3.05, 3.63) is 47.8 Å². The minimum Gasteiger partial charge on any atom is -0.396 e. The van der Waals surface area contributed by atoms with E-state index in [2.05, 4.69) is 10.4 Å². The molecule has 2 rings (SSSR count). The third kappa shape index (κ3) is 3.51. The van der Waals surface area contributed by atoms with E-state index in [4.69, 9.17) is 5.73 Å². The minimum absolute atomic E-state index is 0.0579. The number of rotatable bonds is 4. The van der Waals surface area contributed by atoms with Gasteiger partial charge in [0.25, 0.3) is 5.91 Å². The Balaban J connectivity index is 1.90. The summed E-state index contributed by atoms with van der Waals surface area (Å²) in [6.07, 6.45) is 3.11. The van der Waals surface area contributed by atoms with Crippen molar-refractivity contribution in [3.63, 3.8) is 0 Å². The lowest BCUT2D eigenvalue weighted by atomic mass is 10.2. The molecule has 0 saturated carbocycles. The van der Waals surface area contributed by atoms with E-state index in [1.165, 1.54) is 6.20 Å². The first-order valence-electron chi connectivity index (χ1n) is 5.57. The lowest BCUT2D eigenvalue weighted by molar-refractivity contribution is 0.0951. The highest BCUT2D eigenvalue weighted by Gasteiger charge is 2.08. The number of nitrogens with one attached hydrogen (secondary N) is 1. The monoisotopic (exact) mass is 266 g/mol. The zero-order valence-corrected chi connectivity index (χ0v) is 9.94. The van der Waals surface area contributed by atoms with Gasteiger partial charge in [-0.15, -0.1) is 0 Å². The van der Waals surface area contributed by atoms with Gasteiger partial charge in [0.2, 0.25) is 0 Å². The summed E-state index contributed by atoms with van der Waals surface area (Å²) in [7, 11) is 0. The van der Waals surface area contributed by atoms with Crippen LogP contribution in [-0.2, 0) is 6.54 Å². The summed E-state index contributed by atoms with van der Waals surface area (Å²) in [5.74, 6) is -2.12. The average molecular weight is 266 g/mol. The van der Waals surface area contributed by atoms with Crippen molar-refractivity contribution in [1.29, 1.82) is 0 Å². The van der Waals surface area contributed by atoms with Gasteiger partial charge in [0.05, 0.1) is 18.4 Å². The summed E-state index contributed by atoms with van der Waals surface area (Å²) in [5, 5.41) is 6.47. The summed E-state index contributed by atoms with van der Waals surface area (Å²) in [6.45, 7) is 0.693. The van der Waals surface area contributed by atoms with Gasteiger partial charge in [-0.05, 0) is 12.1 Å². The number of nitrogen functional groups attached to an aromatic ring is 1. The second-order valence-electron chi connectivity index (χ2n) is 3.95. The molecule has 0 fully saturated rings. The first-order valence-corrected chi connectivity index (χ1v) is 5.57. The normalized spacial score (nSPS) is 10.4. The van der Waals surface area contributed by atoms with E-state index >= 15 is 0 Å². The minimum atomic E-state index is -0.787. The van der Waals surface area contributed by atoms with Crippen molar-refractivity contribution in [3.8, 4) is 0 Å². The third-order valence-corrected chi connectivity index (χ3v) is 2.40. The molecule has 0 spiro atoms. The molecule has 0 aliphatic carbocycles. The maximum absolute atomic E-state index is 12.9. The van der Waals surface area contributed by atoms with E-state index in [0.29, 0.717) is 18.3 Å². The molecule has 0 saturated heterocycles. The van der Waals surface area contributed by atoms with Gasteiger partial charge in [-0.25, -0.2) is 8.78 Å². The van der Waals surface area contributed by atoms with Crippen LogP contribution in [0.2, 0.25) is 0 Å². The molecule has 0 atom stereocenters. The molecule has 1 heterocycles. The fourth-order valence-electron chi connectivity index (χ4n) is 1.57. The maximum Gasteiger partial charge on any atom is 0.251 e. The summed E-state index contributed by atoms with van der Waals surface area (Å²) in [6, 6.07) is 2.66. The van der Waals surface area contributed by atoms with Crippen LogP contribution in [0.15, 0.2) is 30.6 Å². The molecule has 0 radical (unpaired) electrons. The van der Waals surface area contributed by atoms with Crippen LogP contribution < -0.4 is 11.1 Å². The highest BCUT2D eigenvalue weighted by molar-refractivity contribution is 5.94.